The largest absolute Gasteiger partial charge is 0.508 e. The van der Waals surface area contributed by atoms with E-state index in [1.807, 2.05) is 13.8 Å². The third-order valence-electron chi connectivity index (χ3n) is 12.2. The van der Waals surface area contributed by atoms with E-state index in [0.717, 1.165) is 24.3 Å². The lowest BCUT2D eigenvalue weighted by Crippen LogP contribution is -2.58. The van der Waals surface area contributed by atoms with Crippen LogP contribution in [0.25, 0.3) is 21.8 Å². The van der Waals surface area contributed by atoms with Gasteiger partial charge < -0.3 is 48.9 Å². The number of aromatic nitrogens is 2. The molecule has 10 atom stereocenters. The van der Waals surface area contributed by atoms with Crippen LogP contribution in [-0.4, -0.2) is 125 Å². The number of nitrogens with one attached hydrogen (secondary N) is 3. The molecule has 344 valence electrons. The molecule has 5 N–H and O–H groups in total. The Labute approximate surface area is 381 Å². The Hall–Kier alpha value is -5.34. The number of aromatic amines is 1. The molecule has 0 bridgehead atoms. The van der Waals surface area contributed by atoms with Crippen molar-refractivity contribution in [2.75, 3.05) is 26.6 Å². The van der Waals surface area contributed by atoms with Crippen molar-refractivity contribution in [3.8, 4) is 29.4 Å². The average Bonchev–Trinajstić information content (AvgIpc) is 3.64. The van der Waals surface area contributed by atoms with Crippen molar-refractivity contribution in [2.45, 2.75) is 109 Å². The molecule has 8 unspecified atom stereocenters. The van der Waals surface area contributed by atoms with Gasteiger partial charge >= 0.3 is 6.09 Å². The van der Waals surface area contributed by atoms with E-state index in [1.165, 1.54) is 19.1 Å². The number of rotatable bonds is 12. The molecule has 1 amide bonds. The Morgan fingerprint density at radius 3 is 2.65 bits per heavy atom. The molecule has 2 aliphatic carbocycles. The average molecular weight is 911 g/mol. The molecule has 16 nitrogen and oxygen atoms in total. The van der Waals surface area contributed by atoms with Crippen molar-refractivity contribution < 1.29 is 57.8 Å². The number of allylic oxidation sites excluding steroid dienone is 3. The Bertz CT molecular complexity index is 2560. The number of hydrogen-bond acceptors (Lipinski definition) is 15. The molecule has 0 radical (unpaired) electrons. The maximum Gasteiger partial charge on any atom is 0.411 e. The van der Waals surface area contributed by atoms with Crippen LogP contribution in [0.2, 0.25) is 0 Å². The van der Waals surface area contributed by atoms with Crippen molar-refractivity contribution >= 4 is 56.3 Å². The van der Waals surface area contributed by atoms with Gasteiger partial charge in [-0.15, -0.1) is 0 Å². The molecule has 7 rings (SSSR count). The number of fused-ring (bicyclic) bond motifs is 4. The Morgan fingerprint density at radius 2 is 1.91 bits per heavy atom. The van der Waals surface area contributed by atoms with Gasteiger partial charge in [0.1, 0.15) is 23.7 Å². The second-order valence-corrected chi connectivity index (χ2v) is 18.1. The van der Waals surface area contributed by atoms with Crippen LogP contribution in [0.3, 0.4) is 0 Å². The van der Waals surface area contributed by atoms with E-state index in [9.17, 15) is 24.6 Å². The maximum atomic E-state index is 15.1. The first-order valence-electron chi connectivity index (χ1n) is 21.4. The SMILES string of the molecule is COC(=O)NC1=C2C#C/C=C\C#C[C@H](OC3OC(C)C(C)(C(=O)c4nccc5c4[nH]c4ccc(O)cc45)CC3OC3CC(OC)C(NC(C)C)CO3)C2/C(=C\CSC(C)=O)[C@@H](O)CC1=O. The van der Waals surface area contributed by atoms with Crippen LogP contribution < -0.4 is 10.6 Å². The number of amides is 1. The number of carbonyl (C=O) groups excluding carboxylic acids is 4. The number of pyridine rings is 1. The van der Waals surface area contributed by atoms with Gasteiger partial charge in [-0.1, -0.05) is 55.4 Å². The number of benzene rings is 1. The fourth-order valence-electron chi connectivity index (χ4n) is 8.78. The summed E-state index contributed by atoms with van der Waals surface area (Å²) in [5.41, 5.74) is 0.291. The Morgan fingerprint density at radius 1 is 1.12 bits per heavy atom. The van der Waals surface area contributed by atoms with Gasteiger partial charge in [-0.05, 0) is 62.3 Å². The first-order valence-corrected chi connectivity index (χ1v) is 22.4. The van der Waals surface area contributed by atoms with Crippen molar-refractivity contribution in [3.05, 3.63) is 71.2 Å². The van der Waals surface area contributed by atoms with E-state index >= 15 is 4.79 Å². The smallest absolute Gasteiger partial charge is 0.411 e. The number of aliphatic hydroxyl groups excluding tert-OH is 1. The number of alkyl carbamates (subject to hydrolysis) is 1. The minimum atomic E-state index is -1.40. The van der Waals surface area contributed by atoms with Crippen LogP contribution in [0.5, 0.6) is 5.75 Å². The zero-order valence-corrected chi connectivity index (χ0v) is 38.1. The highest BCUT2D eigenvalue weighted by Gasteiger charge is 2.53. The third-order valence-corrected chi connectivity index (χ3v) is 12.9. The highest BCUT2D eigenvalue weighted by molar-refractivity contribution is 8.13. The molecule has 17 heteroatoms. The van der Waals surface area contributed by atoms with Crippen LogP contribution in [0.1, 0.15) is 64.4 Å². The number of ether oxygens (including phenoxy) is 6. The van der Waals surface area contributed by atoms with Gasteiger partial charge in [-0.2, -0.15) is 0 Å². The van der Waals surface area contributed by atoms with Crippen molar-refractivity contribution in [1.29, 1.82) is 0 Å². The zero-order chi connectivity index (χ0) is 46.6. The van der Waals surface area contributed by atoms with E-state index in [4.69, 9.17) is 28.4 Å². The molecule has 2 aromatic heterocycles. The van der Waals surface area contributed by atoms with E-state index in [0.29, 0.717) is 22.8 Å². The number of H-pyrrole nitrogens is 1. The number of carbonyl (C=O) groups is 4. The molecule has 2 aliphatic heterocycles. The molecule has 2 saturated heterocycles. The molecule has 3 aromatic rings. The number of aromatic hydroxyl groups is 1. The first kappa shape index (κ1) is 47.6. The summed E-state index contributed by atoms with van der Waals surface area (Å²) in [4.78, 5) is 61.6. The number of phenolic OH excluding ortho intramolecular Hbond substituents is 1. The van der Waals surface area contributed by atoms with Crippen molar-refractivity contribution in [3.63, 3.8) is 0 Å². The zero-order valence-electron chi connectivity index (χ0n) is 37.3. The summed E-state index contributed by atoms with van der Waals surface area (Å²) >= 11 is 1.00. The highest BCUT2D eigenvalue weighted by atomic mass is 32.2. The van der Waals surface area contributed by atoms with E-state index in [-0.39, 0.29) is 76.2 Å². The van der Waals surface area contributed by atoms with Gasteiger partial charge in [0, 0.05) is 66.7 Å². The second kappa shape index (κ2) is 20.4. The molecular formula is C48H54N4O12S. The summed E-state index contributed by atoms with van der Waals surface area (Å²) in [6, 6.07) is 6.75. The van der Waals surface area contributed by atoms with Crippen molar-refractivity contribution in [1.82, 2.24) is 20.6 Å². The number of methoxy groups -OCH3 is 2. The normalized spacial score (nSPS) is 30.3. The fraction of sp³-hybridized carbons (Fsp3) is 0.479. The van der Waals surface area contributed by atoms with Gasteiger partial charge in [0.25, 0.3) is 0 Å². The summed E-state index contributed by atoms with van der Waals surface area (Å²) in [6.45, 7) is 9.30. The third kappa shape index (κ3) is 10.4. The summed E-state index contributed by atoms with van der Waals surface area (Å²) in [6.07, 6.45) is -1.64. The minimum absolute atomic E-state index is 0.0450. The van der Waals surface area contributed by atoms with Crippen LogP contribution in [0.4, 0.5) is 4.79 Å². The molecule has 0 saturated carbocycles. The number of phenols is 1. The van der Waals surface area contributed by atoms with E-state index in [1.54, 1.807) is 57.5 Å². The number of hydrogen-bond donors (Lipinski definition) is 5. The molecule has 65 heavy (non-hydrogen) atoms. The van der Waals surface area contributed by atoms with Gasteiger partial charge in [-0.3, -0.25) is 24.7 Å². The lowest BCUT2D eigenvalue weighted by atomic mass is 9.72. The van der Waals surface area contributed by atoms with E-state index < -0.39 is 66.6 Å². The second-order valence-electron chi connectivity index (χ2n) is 16.9. The lowest BCUT2D eigenvalue weighted by molar-refractivity contribution is -0.317. The molecule has 4 heterocycles. The summed E-state index contributed by atoms with van der Waals surface area (Å²) in [5.74, 6) is 10.2. The van der Waals surface area contributed by atoms with Gasteiger partial charge in [-0.25, -0.2) is 4.79 Å². The maximum absolute atomic E-state index is 15.1. The number of ketones is 2. The predicted octanol–water partition coefficient (Wildman–Crippen LogP) is 4.99. The van der Waals surface area contributed by atoms with Crippen molar-refractivity contribution in [2.24, 2.45) is 11.3 Å². The molecule has 2 fully saturated rings. The monoisotopic (exact) mass is 910 g/mol. The molecule has 0 spiro atoms. The number of aliphatic hydroxyl groups is 1. The number of thioether (sulfide) groups is 1. The first-order chi connectivity index (χ1) is 31.1. The quantitative estimate of drug-likeness (QED) is 0.0920. The number of Topliss-reactive ketones (excluding diaryl/α,β-unsaturated/α-hetero) is 2. The summed E-state index contributed by atoms with van der Waals surface area (Å²) in [5, 5.41) is 29.3. The lowest BCUT2D eigenvalue weighted by Gasteiger charge is -2.47. The molecule has 4 aliphatic rings. The Kier molecular flexibility index (Phi) is 15.0. The minimum Gasteiger partial charge on any atom is -0.508 e. The van der Waals surface area contributed by atoms with Gasteiger partial charge in [0.05, 0.1) is 60.6 Å². The van der Waals surface area contributed by atoms with Gasteiger partial charge in [0.15, 0.2) is 29.3 Å². The van der Waals surface area contributed by atoms with Crippen LogP contribution in [-0.2, 0) is 38.0 Å². The van der Waals surface area contributed by atoms with Crippen LogP contribution in [0, 0.1) is 35.0 Å². The summed E-state index contributed by atoms with van der Waals surface area (Å²) < 4.78 is 37.6. The molecular weight excluding hydrogens is 857 g/mol. The Balaban J connectivity index is 1.31. The van der Waals surface area contributed by atoms with Crippen LogP contribution >= 0.6 is 11.8 Å². The summed E-state index contributed by atoms with van der Waals surface area (Å²) in [7, 11) is 2.78. The standard InChI is InChI=1S/C48H54N4O12S/c1-25(2)50-34-24-61-40(22-38(34)59-6)63-39-23-48(5,45(57)44-43-29(16-18-49-44)32-20-28(54)14-15-33(32)51-43)26(3)62-46(39)64-37-13-11-9-8-10-12-31-41(37)30(17-19-65-27(4)53)35(55)21-36(56)42(31)52-47(58)60-7/h8-9,14-18,20,25-26,34-35,37-41,46,50-51,54-55H,19,21-24H2,1-7H3,(H,52,58)/b9-8-,30-17-/t26?,34?,35-,37-,38?,39?,40?,41?,46?,48?/m0/s1. The fourth-order valence-corrected chi connectivity index (χ4v) is 9.29. The topological polar surface area (TPSA) is 217 Å². The predicted molar refractivity (Wildman–Crippen MR) is 241 cm³/mol. The number of nitrogens with zero attached hydrogens (tertiary/aromatic N) is 1. The van der Waals surface area contributed by atoms with E-state index in [2.05, 4.69) is 44.3 Å². The van der Waals surface area contributed by atoms with Gasteiger partial charge in [0.2, 0.25) is 0 Å². The highest BCUT2D eigenvalue weighted by Crippen LogP contribution is 2.45. The molecule has 1 aromatic carbocycles. The van der Waals surface area contributed by atoms with Crippen LogP contribution in [0.15, 0.2) is 65.5 Å².